The number of amides is 3. The Bertz CT molecular complexity index is 254. The minimum absolute atomic E-state index is 0.151. The number of alkyl halides is 1. The second-order valence-corrected chi connectivity index (χ2v) is 4.12. The van der Waals surface area contributed by atoms with Crippen LogP contribution in [-0.4, -0.2) is 49.0 Å². The van der Waals surface area contributed by atoms with Gasteiger partial charge in [-0.1, -0.05) is 0 Å². The van der Waals surface area contributed by atoms with Crippen LogP contribution < -0.4 is 5.32 Å². The third kappa shape index (κ3) is 3.98. The van der Waals surface area contributed by atoms with Gasteiger partial charge in [0.1, 0.15) is 0 Å². The van der Waals surface area contributed by atoms with Gasteiger partial charge in [0.25, 0.3) is 0 Å². The van der Waals surface area contributed by atoms with Crippen LogP contribution in [-0.2, 0) is 9.53 Å². The number of nitrogens with one attached hydrogen (secondary N) is 1. The van der Waals surface area contributed by atoms with Gasteiger partial charge < -0.3 is 9.64 Å². The number of hydrogen-bond acceptors (Lipinski definition) is 3. The van der Waals surface area contributed by atoms with Crippen LogP contribution in [0.5, 0.6) is 0 Å². The zero-order valence-electron chi connectivity index (χ0n) is 9.37. The van der Waals surface area contributed by atoms with E-state index in [1.54, 1.807) is 11.9 Å². The van der Waals surface area contributed by atoms with Gasteiger partial charge >= 0.3 is 6.03 Å². The molecule has 5 nitrogen and oxygen atoms in total. The molecule has 0 bridgehead atoms. The highest BCUT2D eigenvalue weighted by atomic mass is 35.5. The largest absolute Gasteiger partial charge is 0.381 e. The molecule has 1 aliphatic rings. The minimum atomic E-state index is -0.359. The molecule has 1 saturated heterocycles. The lowest BCUT2D eigenvalue weighted by atomic mass is 10.1. The summed E-state index contributed by atoms with van der Waals surface area (Å²) in [6.45, 7) is 1.33. The summed E-state index contributed by atoms with van der Waals surface area (Å²) in [7, 11) is 1.69. The topological polar surface area (TPSA) is 58.6 Å². The molecule has 0 atom stereocenters. The van der Waals surface area contributed by atoms with Crippen molar-refractivity contribution >= 4 is 23.5 Å². The van der Waals surface area contributed by atoms with E-state index in [-0.39, 0.29) is 30.3 Å². The fourth-order valence-electron chi connectivity index (χ4n) is 1.59. The molecule has 92 valence electrons. The van der Waals surface area contributed by atoms with Gasteiger partial charge in [0, 0.05) is 38.6 Å². The van der Waals surface area contributed by atoms with Gasteiger partial charge in [-0.2, -0.15) is 0 Å². The van der Waals surface area contributed by atoms with E-state index < -0.39 is 0 Å². The SMILES string of the molecule is CN(C(=O)NC(=O)CCCl)C1CCOCC1. The number of halogens is 1. The molecule has 0 radical (unpaired) electrons. The number of ether oxygens (including phenoxy) is 1. The standard InChI is InChI=1S/C10H17ClN2O3/c1-13(8-3-6-16-7-4-8)10(15)12-9(14)2-5-11/h8H,2-7H2,1H3,(H,12,14,15). The molecule has 0 spiro atoms. The fraction of sp³-hybridized carbons (Fsp3) is 0.800. The van der Waals surface area contributed by atoms with Crippen LogP contribution in [0.2, 0.25) is 0 Å². The number of rotatable bonds is 3. The molecule has 0 aromatic heterocycles. The van der Waals surface area contributed by atoms with E-state index in [9.17, 15) is 9.59 Å². The molecule has 1 fully saturated rings. The normalized spacial score (nSPS) is 16.9. The first-order valence-electron chi connectivity index (χ1n) is 5.35. The van der Waals surface area contributed by atoms with Crippen LogP contribution >= 0.6 is 11.6 Å². The molecule has 0 aliphatic carbocycles. The Hall–Kier alpha value is -0.810. The van der Waals surface area contributed by atoms with Gasteiger partial charge in [0.05, 0.1) is 0 Å². The average Bonchev–Trinajstić information content (AvgIpc) is 2.29. The number of carbonyl (C=O) groups is 2. The van der Waals surface area contributed by atoms with Crippen molar-refractivity contribution in [3.8, 4) is 0 Å². The highest BCUT2D eigenvalue weighted by molar-refractivity contribution is 6.19. The lowest BCUT2D eigenvalue weighted by Crippen LogP contribution is -2.47. The van der Waals surface area contributed by atoms with Crippen molar-refractivity contribution in [3.63, 3.8) is 0 Å². The van der Waals surface area contributed by atoms with Crippen LogP contribution in [0, 0.1) is 0 Å². The molecule has 6 heteroatoms. The summed E-state index contributed by atoms with van der Waals surface area (Å²) < 4.78 is 5.21. The first-order valence-corrected chi connectivity index (χ1v) is 5.89. The van der Waals surface area contributed by atoms with Crippen molar-refractivity contribution in [3.05, 3.63) is 0 Å². The van der Waals surface area contributed by atoms with Gasteiger partial charge in [-0.25, -0.2) is 4.79 Å². The number of urea groups is 1. The van der Waals surface area contributed by atoms with E-state index in [4.69, 9.17) is 16.3 Å². The van der Waals surface area contributed by atoms with Crippen molar-refractivity contribution in [2.24, 2.45) is 0 Å². The van der Waals surface area contributed by atoms with Gasteiger partial charge in [-0.15, -0.1) is 11.6 Å². The number of hydrogen-bond donors (Lipinski definition) is 1. The summed E-state index contributed by atoms with van der Waals surface area (Å²) in [4.78, 5) is 24.4. The first kappa shape index (κ1) is 13.3. The second-order valence-electron chi connectivity index (χ2n) is 3.75. The predicted octanol–water partition coefficient (Wildman–Crippen LogP) is 0.962. The highest BCUT2D eigenvalue weighted by Crippen LogP contribution is 2.12. The molecular weight excluding hydrogens is 232 g/mol. The van der Waals surface area contributed by atoms with Gasteiger partial charge in [-0.05, 0) is 12.8 Å². The molecular formula is C10H17ClN2O3. The van der Waals surface area contributed by atoms with E-state index in [0.29, 0.717) is 13.2 Å². The van der Waals surface area contributed by atoms with Gasteiger partial charge in [-0.3, -0.25) is 10.1 Å². The third-order valence-corrected chi connectivity index (χ3v) is 2.82. The molecule has 3 amide bonds. The molecule has 1 heterocycles. The number of nitrogens with zero attached hydrogens (tertiary/aromatic N) is 1. The summed E-state index contributed by atoms with van der Waals surface area (Å²) in [5, 5.41) is 2.30. The molecule has 1 aliphatic heterocycles. The van der Waals surface area contributed by atoms with Crippen LogP contribution in [0.3, 0.4) is 0 Å². The summed E-state index contributed by atoms with van der Waals surface area (Å²) in [6.07, 6.45) is 1.79. The monoisotopic (exact) mass is 248 g/mol. The Kier molecular flexibility index (Phi) is 5.55. The maximum atomic E-state index is 11.6. The second kappa shape index (κ2) is 6.70. The van der Waals surface area contributed by atoms with Gasteiger partial charge in [0.2, 0.25) is 5.91 Å². The average molecular weight is 249 g/mol. The predicted molar refractivity (Wildman–Crippen MR) is 60.5 cm³/mol. The Labute approximate surface area is 100 Å². The molecule has 0 aromatic rings. The number of imide groups is 1. The Balaban J connectivity index is 2.37. The molecule has 1 rings (SSSR count). The van der Waals surface area contributed by atoms with E-state index in [0.717, 1.165) is 12.8 Å². The minimum Gasteiger partial charge on any atom is -0.381 e. The van der Waals surface area contributed by atoms with E-state index in [1.165, 1.54) is 0 Å². The van der Waals surface area contributed by atoms with Crippen molar-refractivity contribution < 1.29 is 14.3 Å². The zero-order valence-corrected chi connectivity index (χ0v) is 10.1. The summed E-state index contributed by atoms with van der Waals surface area (Å²) in [6, 6.07) is -0.209. The Morgan fingerprint density at radius 2 is 2.06 bits per heavy atom. The molecule has 0 unspecified atom stereocenters. The van der Waals surface area contributed by atoms with E-state index in [2.05, 4.69) is 5.32 Å². The van der Waals surface area contributed by atoms with Crippen molar-refractivity contribution in [2.75, 3.05) is 26.1 Å². The molecule has 1 N–H and O–H groups in total. The smallest absolute Gasteiger partial charge is 0.324 e. The van der Waals surface area contributed by atoms with E-state index >= 15 is 0 Å². The van der Waals surface area contributed by atoms with Crippen LogP contribution in [0.25, 0.3) is 0 Å². The maximum absolute atomic E-state index is 11.6. The Morgan fingerprint density at radius 1 is 1.44 bits per heavy atom. The molecule has 0 saturated carbocycles. The van der Waals surface area contributed by atoms with Crippen molar-refractivity contribution in [2.45, 2.75) is 25.3 Å². The van der Waals surface area contributed by atoms with Crippen LogP contribution in [0.1, 0.15) is 19.3 Å². The van der Waals surface area contributed by atoms with Crippen molar-refractivity contribution in [1.82, 2.24) is 10.2 Å². The summed E-state index contributed by atoms with van der Waals surface area (Å²) >= 11 is 5.41. The molecule has 16 heavy (non-hydrogen) atoms. The van der Waals surface area contributed by atoms with Crippen LogP contribution in [0.4, 0.5) is 4.79 Å². The van der Waals surface area contributed by atoms with Gasteiger partial charge in [0.15, 0.2) is 0 Å². The fourth-order valence-corrected chi connectivity index (χ4v) is 1.77. The number of carbonyl (C=O) groups excluding carboxylic acids is 2. The zero-order chi connectivity index (χ0) is 12.0. The van der Waals surface area contributed by atoms with E-state index in [1.807, 2.05) is 0 Å². The quantitative estimate of drug-likeness (QED) is 0.757. The maximum Gasteiger partial charge on any atom is 0.324 e. The van der Waals surface area contributed by atoms with Crippen LogP contribution in [0.15, 0.2) is 0 Å². The van der Waals surface area contributed by atoms with Crippen molar-refractivity contribution in [1.29, 1.82) is 0 Å². The lowest BCUT2D eigenvalue weighted by Gasteiger charge is -2.30. The summed E-state index contributed by atoms with van der Waals surface area (Å²) in [5.41, 5.74) is 0. The highest BCUT2D eigenvalue weighted by Gasteiger charge is 2.23. The third-order valence-electron chi connectivity index (χ3n) is 2.63. The summed E-state index contributed by atoms with van der Waals surface area (Å²) in [5.74, 6) is -0.112. The Morgan fingerprint density at radius 3 is 2.62 bits per heavy atom. The molecule has 0 aromatic carbocycles. The first-order chi connectivity index (χ1) is 7.65. The lowest BCUT2D eigenvalue weighted by molar-refractivity contribution is -0.119.